The fourth-order valence-electron chi connectivity index (χ4n) is 1.92. The number of rotatable bonds is 5. The van der Waals surface area contributed by atoms with E-state index in [0.717, 1.165) is 10.6 Å². The predicted molar refractivity (Wildman–Crippen MR) is 76.4 cm³/mol. The highest BCUT2D eigenvalue weighted by atomic mass is 16.3. The molecule has 0 heterocycles. The van der Waals surface area contributed by atoms with Crippen molar-refractivity contribution in [2.24, 2.45) is 5.73 Å². The van der Waals surface area contributed by atoms with Crippen LogP contribution >= 0.6 is 0 Å². The second-order valence-electron chi connectivity index (χ2n) is 4.40. The number of carbonyl (C=O) groups is 1. The summed E-state index contributed by atoms with van der Waals surface area (Å²) < 4.78 is 0. The number of para-hydroxylation sites is 1. The molecule has 5 heteroatoms. The number of anilines is 1. The highest BCUT2D eigenvalue weighted by Crippen LogP contribution is 2.10. The van der Waals surface area contributed by atoms with Crippen LogP contribution < -0.4 is 16.0 Å². The second-order valence-corrected chi connectivity index (χ2v) is 4.40. The number of benzene rings is 2. The van der Waals surface area contributed by atoms with Crippen LogP contribution in [0.2, 0.25) is 0 Å². The van der Waals surface area contributed by atoms with Crippen LogP contribution in [0.3, 0.4) is 0 Å². The average molecular weight is 270 g/mol. The predicted octanol–water partition coefficient (Wildman–Crippen LogP) is 0.352. The molecular weight excluding hydrogens is 254 g/mol. The number of nitrogens with one attached hydrogen (secondary N) is 1. The normalized spacial score (nSPS) is 11.7. The zero-order valence-electron chi connectivity index (χ0n) is 10.9. The zero-order valence-corrected chi connectivity index (χ0v) is 10.9. The van der Waals surface area contributed by atoms with Gasteiger partial charge in [0, 0.05) is 4.91 Å². The van der Waals surface area contributed by atoms with Gasteiger partial charge in [0.15, 0.2) is 0 Å². The molecule has 0 fully saturated rings. The van der Waals surface area contributed by atoms with Crippen LogP contribution in [0, 0.1) is 4.91 Å². The molecule has 2 rings (SSSR count). The van der Waals surface area contributed by atoms with Crippen molar-refractivity contribution in [1.29, 1.82) is 0 Å². The molecule has 0 aliphatic rings. The molecule has 0 saturated carbocycles. The summed E-state index contributed by atoms with van der Waals surface area (Å²) in [5.74, 6) is -0.463. The van der Waals surface area contributed by atoms with Crippen molar-refractivity contribution in [3.8, 4) is 0 Å². The van der Waals surface area contributed by atoms with Crippen molar-refractivity contribution < 1.29 is 10.1 Å². The Bertz CT molecular complexity index is 572. The molecule has 0 bridgehead atoms. The van der Waals surface area contributed by atoms with Gasteiger partial charge in [-0.05, 0) is 29.1 Å². The fraction of sp³-hybridized carbons (Fsp3) is 0.133. The van der Waals surface area contributed by atoms with Crippen molar-refractivity contribution in [2.45, 2.75) is 12.5 Å². The first-order valence-corrected chi connectivity index (χ1v) is 6.28. The van der Waals surface area contributed by atoms with Crippen molar-refractivity contribution >= 4 is 11.6 Å². The lowest BCUT2D eigenvalue weighted by Gasteiger charge is -2.14. The summed E-state index contributed by atoms with van der Waals surface area (Å²) in [6.45, 7) is 0. The monoisotopic (exact) mass is 270 g/mol. The number of hydrazine groups is 1. The molecule has 0 saturated heterocycles. The van der Waals surface area contributed by atoms with Gasteiger partial charge in [-0.15, -0.1) is 0 Å². The molecule has 0 spiro atoms. The van der Waals surface area contributed by atoms with Gasteiger partial charge in [-0.25, -0.2) is 0 Å². The Hall–Kier alpha value is -2.53. The Morgan fingerprint density at radius 2 is 1.60 bits per heavy atom. The van der Waals surface area contributed by atoms with E-state index in [1.807, 2.05) is 30.3 Å². The minimum Gasteiger partial charge on any atom is -0.319 e. The SMILES string of the molecule is N[C@@H](Cc1ccccc1)C(=O)N([NH+]=O)c1ccccc1. The summed E-state index contributed by atoms with van der Waals surface area (Å²) in [5.41, 5.74) is 7.31. The van der Waals surface area contributed by atoms with Gasteiger partial charge in [-0.1, -0.05) is 48.5 Å². The summed E-state index contributed by atoms with van der Waals surface area (Å²) in [7, 11) is 0. The molecule has 3 N–H and O–H groups in total. The van der Waals surface area contributed by atoms with Crippen molar-refractivity contribution in [3.63, 3.8) is 0 Å². The Balaban J connectivity index is 2.11. The van der Waals surface area contributed by atoms with Gasteiger partial charge in [0.2, 0.25) is 0 Å². The van der Waals surface area contributed by atoms with E-state index in [-0.39, 0.29) is 0 Å². The Kier molecular flexibility index (Phi) is 4.57. The van der Waals surface area contributed by atoms with E-state index in [9.17, 15) is 9.70 Å². The zero-order chi connectivity index (χ0) is 14.4. The van der Waals surface area contributed by atoms with Crippen LogP contribution in [-0.2, 0) is 11.2 Å². The maximum absolute atomic E-state index is 12.2. The van der Waals surface area contributed by atoms with Gasteiger partial charge in [0.1, 0.15) is 11.0 Å². The average Bonchev–Trinajstić information content (AvgIpc) is 2.50. The largest absolute Gasteiger partial charge is 0.319 e. The third-order valence-corrected chi connectivity index (χ3v) is 2.94. The van der Waals surface area contributed by atoms with Crippen LogP contribution in [0.5, 0.6) is 0 Å². The molecule has 0 aliphatic carbocycles. The quantitative estimate of drug-likeness (QED) is 0.770. The summed E-state index contributed by atoms with van der Waals surface area (Å²) in [6, 6.07) is 17.3. The molecule has 20 heavy (non-hydrogen) atoms. The molecule has 5 nitrogen and oxygen atoms in total. The molecule has 102 valence electrons. The van der Waals surface area contributed by atoms with E-state index >= 15 is 0 Å². The van der Waals surface area contributed by atoms with Crippen LogP contribution in [0.25, 0.3) is 0 Å². The minimum absolute atomic E-state index is 0.380. The number of amides is 1. The molecule has 0 aliphatic heterocycles. The second kappa shape index (κ2) is 6.58. The number of nitroso groups, excluding NO2 is 1. The Morgan fingerprint density at radius 3 is 2.15 bits per heavy atom. The first-order valence-electron chi connectivity index (χ1n) is 6.28. The third kappa shape index (κ3) is 3.27. The van der Waals surface area contributed by atoms with Gasteiger partial charge in [-0.3, -0.25) is 4.79 Å². The number of hydrogen-bond acceptors (Lipinski definition) is 3. The van der Waals surface area contributed by atoms with Gasteiger partial charge in [0.05, 0.1) is 6.04 Å². The Labute approximate surface area is 117 Å². The molecule has 2 aromatic carbocycles. The first-order chi connectivity index (χ1) is 9.72. The summed E-state index contributed by atoms with van der Waals surface area (Å²) in [4.78, 5) is 23.2. The first kappa shape index (κ1) is 13.9. The molecule has 0 aromatic heterocycles. The summed E-state index contributed by atoms with van der Waals surface area (Å²) in [6.07, 6.45) is 0.380. The summed E-state index contributed by atoms with van der Waals surface area (Å²) >= 11 is 0. The molecular formula is C15H16N3O2+. The topological polar surface area (TPSA) is 77.4 Å². The lowest BCUT2D eigenvalue weighted by atomic mass is 10.1. The molecule has 0 radical (unpaired) electrons. The number of carbonyl (C=O) groups excluding carboxylic acids is 1. The maximum Gasteiger partial charge on any atom is 0.304 e. The van der Waals surface area contributed by atoms with Gasteiger partial charge in [-0.2, -0.15) is 0 Å². The highest BCUT2D eigenvalue weighted by Gasteiger charge is 2.27. The third-order valence-electron chi connectivity index (χ3n) is 2.94. The molecule has 1 atom stereocenters. The van der Waals surface area contributed by atoms with Gasteiger partial charge in [0.25, 0.3) is 0 Å². The minimum atomic E-state index is -0.779. The van der Waals surface area contributed by atoms with Crippen LogP contribution in [-0.4, -0.2) is 11.9 Å². The summed E-state index contributed by atoms with van der Waals surface area (Å²) in [5, 5.41) is 2.56. The standard InChI is InChI=1S/C15H15N3O2/c16-14(11-12-7-3-1-4-8-12)15(19)18(17-20)13-9-5-2-6-10-13/h1-10,14H,11,16H2/p+1/t14-/m0/s1. The molecule has 2 aromatic rings. The van der Waals surface area contributed by atoms with E-state index < -0.39 is 11.9 Å². The molecule has 1 amide bonds. The van der Waals surface area contributed by atoms with E-state index in [4.69, 9.17) is 5.73 Å². The van der Waals surface area contributed by atoms with Crippen molar-refractivity contribution in [3.05, 3.63) is 71.1 Å². The number of nitrogens with zero attached hydrogens (tertiary/aromatic N) is 1. The van der Waals surface area contributed by atoms with Crippen LogP contribution in [0.4, 0.5) is 5.69 Å². The van der Waals surface area contributed by atoms with Gasteiger partial charge >= 0.3 is 5.91 Å². The van der Waals surface area contributed by atoms with Crippen LogP contribution in [0.1, 0.15) is 5.56 Å². The maximum atomic E-state index is 12.2. The smallest absolute Gasteiger partial charge is 0.304 e. The number of nitrogens with two attached hydrogens (primary N) is 1. The lowest BCUT2D eigenvalue weighted by molar-refractivity contribution is -0.484. The lowest BCUT2D eigenvalue weighted by Crippen LogP contribution is -2.82. The number of hydrogen-bond donors (Lipinski definition) is 2. The van der Waals surface area contributed by atoms with Gasteiger partial charge < -0.3 is 5.73 Å². The van der Waals surface area contributed by atoms with E-state index in [0.29, 0.717) is 12.1 Å². The van der Waals surface area contributed by atoms with Crippen molar-refractivity contribution in [1.82, 2.24) is 0 Å². The van der Waals surface area contributed by atoms with Crippen molar-refractivity contribution in [2.75, 3.05) is 5.01 Å². The van der Waals surface area contributed by atoms with E-state index in [2.05, 4.69) is 0 Å². The Morgan fingerprint density at radius 1 is 1.05 bits per heavy atom. The molecule has 0 unspecified atom stereocenters. The fourth-order valence-corrected chi connectivity index (χ4v) is 1.92. The van der Waals surface area contributed by atoms with Crippen LogP contribution in [0.15, 0.2) is 60.7 Å². The van der Waals surface area contributed by atoms with E-state index in [1.165, 1.54) is 0 Å². The van der Waals surface area contributed by atoms with E-state index in [1.54, 1.807) is 35.6 Å². The highest BCUT2D eigenvalue weighted by molar-refractivity contribution is 5.94.